The first kappa shape index (κ1) is 13.3. The molecule has 0 spiro atoms. The predicted molar refractivity (Wildman–Crippen MR) is 53.4 cm³/mol. The number of anilines is 1. The number of alkyl halides is 3. The summed E-state index contributed by atoms with van der Waals surface area (Å²) in [5.74, 6) is -1.09. The van der Waals surface area contributed by atoms with Crippen molar-refractivity contribution < 1.29 is 22.7 Å². The quantitative estimate of drug-likeness (QED) is 0.824. The lowest BCUT2D eigenvalue weighted by Crippen LogP contribution is -2.16. The van der Waals surface area contributed by atoms with Gasteiger partial charge in [0.15, 0.2) is 5.69 Å². The van der Waals surface area contributed by atoms with Gasteiger partial charge < -0.3 is 10.5 Å². The summed E-state index contributed by atoms with van der Waals surface area (Å²) in [5, 5.41) is 3.70. The largest absolute Gasteiger partial charge is 0.464 e. The molecule has 1 aromatic rings. The Hall–Kier alpha value is -1.73. The van der Waals surface area contributed by atoms with Gasteiger partial charge in [-0.3, -0.25) is 0 Å². The third-order valence-corrected chi connectivity index (χ3v) is 2.15. The van der Waals surface area contributed by atoms with E-state index in [4.69, 9.17) is 5.73 Å². The Kier molecular flexibility index (Phi) is 3.64. The van der Waals surface area contributed by atoms with E-state index in [1.807, 2.05) is 0 Å². The number of methoxy groups -OCH3 is 1. The van der Waals surface area contributed by atoms with Crippen molar-refractivity contribution in [1.29, 1.82) is 0 Å². The Labute approximate surface area is 95.3 Å². The summed E-state index contributed by atoms with van der Waals surface area (Å²) in [6.45, 7) is 1.93. The van der Waals surface area contributed by atoms with Gasteiger partial charge in [-0.15, -0.1) is 0 Å². The van der Waals surface area contributed by atoms with Gasteiger partial charge in [0.25, 0.3) is 0 Å². The number of rotatable bonds is 3. The molecule has 96 valence electrons. The Balaban J connectivity index is 3.24. The van der Waals surface area contributed by atoms with Crippen LogP contribution in [0.15, 0.2) is 0 Å². The second-order valence-corrected chi connectivity index (χ2v) is 3.31. The first-order chi connectivity index (χ1) is 7.80. The molecule has 0 atom stereocenters. The predicted octanol–water partition coefficient (Wildman–Crippen LogP) is 1.38. The number of aromatic nitrogens is 2. The second kappa shape index (κ2) is 4.64. The highest BCUT2D eigenvalue weighted by atomic mass is 19.4. The van der Waals surface area contributed by atoms with E-state index in [1.54, 1.807) is 6.92 Å². The van der Waals surface area contributed by atoms with Crippen LogP contribution in [0, 0.1) is 0 Å². The summed E-state index contributed by atoms with van der Waals surface area (Å²) in [4.78, 5) is 11.3. The molecule has 0 amide bonds. The molecule has 0 bridgehead atoms. The minimum absolute atomic E-state index is 0.162. The number of nitrogens with two attached hydrogens (primary N) is 1. The molecule has 1 rings (SSSR count). The fraction of sp³-hybridized carbons (Fsp3) is 0.556. The standard InChI is InChI=1S/C9H12F3N3O2/c1-3-15-7(13)5(4-9(10,11)12)6(14-15)8(16)17-2/h3-4,13H2,1-2H3. The average Bonchev–Trinajstić information content (AvgIpc) is 2.53. The molecule has 0 aliphatic rings. The molecule has 0 fully saturated rings. The summed E-state index contributed by atoms with van der Waals surface area (Å²) >= 11 is 0. The fourth-order valence-corrected chi connectivity index (χ4v) is 1.39. The lowest BCUT2D eigenvalue weighted by Gasteiger charge is -2.06. The molecule has 5 nitrogen and oxygen atoms in total. The van der Waals surface area contributed by atoms with Crippen molar-refractivity contribution in [2.45, 2.75) is 26.1 Å². The number of esters is 1. The zero-order valence-electron chi connectivity index (χ0n) is 9.34. The van der Waals surface area contributed by atoms with Gasteiger partial charge in [0.05, 0.1) is 13.5 Å². The van der Waals surface area contributed by atoms with Gasteiger partial charge in [-0.25, -0.2) is 9.48 Å². The molecule has 1 heterocycles. The lowest BCUT2D eigenvalue weighted by atomic mass is 10.1. The van der Waals surface area contributed by atoms with Gasteiger partial charge >= 0.3 is 12.1 Å². The number of carbonyl (C=O) groups is 1. The Morgan fingerprint density at radius 2 is 2.12 bits per heavy atom. The third-order valence-electron chi connectivity index (χ3n) is 2.15. The highest BCUT2D eigenvalue weighted by molar-refractivity contribution is 5.90. The molecule has 0 saturated heterocycles. The summed E-state index contributed by atoms with van der Waals surface area (Å²) in [5.41, 5.74) is 4.78. The van der Waals surface area contributed by atoms with Gasteiger partial charge in [0.2, 0.25) is 0 Å². The SMILES string of the molecule is CCn1nc(C(=O)OC)c(CC(F)(F)F)c1N. The molecule has 2 N–H and O–H groups in total. The summed E-state index contributed by atoms with van der Waals surface area (Å²) in [6.07, 6.45) is -5.76. The summed E-state index contributed by atoms with van der Waals surface area (Å²) in [6, 6.07) is 0. The van der Waals surface area contributed by atoms with Crippen molar-refractivity contribution in [3.05, 3.63) is 11.3 Å². The molecule has 1 aromatic heterocycles. The molecular formula is C9H12F3N3O2. The van der Waals surface area contributed by atoms with E-state index < -0.39 is 18.6 Å². The summed E-state index contributed by atoms with van der Waals surface area (Å²) < 4.78 is 42.5. The van der Waals surface area contributed by atoms with E-state index in [0.29, 0.717) is 0 Å². The number of hydrogen-bond donors (Lipinski definition) is 1. The molecule has 0 saturated carbocycles. The van der Waals surface area contributed by atoms with Crippen LogP contribution < -0.4 is 5.73 Å². The van der Waals surface area contributed by atoms with E-state index in [0.717, 1.165) is 11.8 Å². The topological polar surface area (TPSA) is 70.1 Å². The van der Waals surface area contributed by atoms with Gasteiger partial charge in [-0.2, -0.15) is 18.3 Å². The Morgan fingerprint density at radius 3 is 2.53 bits per heavy atom. The minimum Gasteiger partial charge on any atom is -0.464 e. The number of ether oxygens (including phenoxy) is 1. The first-order valence-corrected chi connectivity index (χ1v) is 4.80. The van der Waals surface area contributed by atoms with Crippen LogP contribution in [-0.2, 0) is 17.7 Å². The van der Waals surface area contributed by atoms with Crippen molar-refractivity contribution in [1.82, 2.24) is 9.78 Å². The Morgan fingerprint density at radius 1 is 1.53 bits per heavy atom. The third kappa shape index (κ3) is 2.89. The van der Waals surface area contributed by atoms with E-state index in [1.165, 1.54) is 0 Å². The molecule has 0 aliphatic carbocycles. The van der Waals surface area contributed by atoms with Crippen LogP contribution in [0.25, 0.3) is 0 Å². The zero-order valence-corrected chi connectivity index (χ0v) is 9.34. The smallest absolute Gasteiger partial charge is 0.393 e. The van der Waals surface area contributed by atoms with Crippen LogP contribution in [0.3, 0.4) is 0 Å². The number of aryl methyl sites for hydroxylation is 1. The molecule has 8 heteroatoms. The van der Waals surface area contributed by atoms with Crippen LogP contribution in [-0.4, -0.2) is 29.0 Å². The highest BCUT2D eigenvalue weighted by Crippen LogP contribution is 2.27. The molecule has 0 aromatic carbocycles. The van der Waals surface area contributed by atoms with E-state index in [9.17, 15) is 18.0 Å². The van der Waals surface area contributed by atoms with Crippen molar-refractivity contribution in [3.8, 4) is 0 Å². The number of hydrogen-bond acceptors (Lipinski definition) is 4. The van der Waals surface area contributed by atoms with E-state index >= 15 is 0 Å². The van der Waals surface area contributed by atoms with Crippen LogP contribution in [0.4, 0.5) is 19.0 Å². The normalized spacial score (nSPS) is 11.6. The van der Waals surface area contributed by atoms with Gasteiger partial charge in [-0.05, 0) is 6.92 Å². The number of nitrogens with zero attached hydrogens (tertiary/aromatic N) is 2. The van der Waals surface area contributed by atoms with Gasteiger partial charge in [0, 0.05) is 12.1 Å². The van der Waals surface area contributed by atoms with Crippen LogP contribution in [0.1, 0.15) is 23.0 Å². The Bertz CT molecular complexity index is 426. The monoisotopic (exact) mass is 251 g/mol. The number of carbonyl (C=O) groups excluding carboxylic acids is 1. The molecular weight excluding hydrogens is 239 g/mol. The van der Waals surface area contributed by atoms with Gasteiger partial charge in [0.1, 0.15) is 5.82 Å². The minimum atomic E-state index is -4.46. The number of nitrogen functional groups attached to an aromatic ring is 1. The van der Waals surface area contributed by atoms with Crippen molar-refractivity contribution in [3.63, 3.8) is 0 Å². The lowest BCUT2D eigenvalue weighted by molar-refractivity contribution is -0.127. The average molecular weight is 251 g/mol. The maximum atomic E-state index is 12.3. The fourth-order valence-electron chi connectivity index (χ4n) is 1.39. The van der Waals surface area contributed by atoms with Gasteiger partial charge in [-0.1, -0.05) is 0 Å². The number of halogens is 3. The molecule has 0 radical (unpaired) electrons. The molecule has 17 heavy (non-hydrogen) atoms. The maximum absolute atomic E-state index is 12.3. The van der Waals surface area contributed by atoms with Crippen LogP contribution in [0.5, 0.6) is 0 Å². The first-order valence-electron chi connectivity index (χ1n) is 4.80. The van der Waals surface area contributed by atoms with Crippen LogP contribution >= 0.6 is 0 Å². The van der Waals surface area contributed by atoms with Crippen molar-refractivity contribution in [2.24, 2.45) is 0 Å². The molecule has 0 aliphatic heterocycles. The van der Waals surface area contributed by atoms with E-state index in [2.05, 4.69) is 9.84 Å². The van der Waals surface area contributed by atoms with Crippen molar-refractivity contribution >= 4 is 11.8 Å². The summed E-state index contributed by atoms with van der Waals surface area (Å²) in [7, 11) is 1.07. The molecule has 0 unspecified atom stereocenters. The highest BCUT2D eigenvalue weighted by Gasteiger charge is 2.34. The maximum Gasteiger partial charge on any atom is 0.393 e. The van der Waals surface area contributed by atoms with Crippen molar-refractivity contribution in [2.75, 3.05) is 12.8 Å². The van der Waals surface area contributed by atoms with E-state index in [-0.39, 0.29) is 23.6 Å². The second-order valence-electron chi connectivity index (χ2n) is 3.31. The zero-order chi connectivity index (χ0) is 13.2. The van der Waals surface area contributed by atoms with Crippen LogP contribution in [0.2, 0.25) is 0 Å².